The molecule has 0 atom stereocenters. The summed E-state index contributed by atoms with van der Waals surface area (Å²) in [5.74, 6) is 0. The lowest BCUT2D eigenvalue weighted by Gasteiger charge is -2.19. The maximum Gasteiger partial charge on any atom is 0.508 e. The molecule has 0 aliphatic heterocycles. The summed E-state index contributed by atoms with van der Waals surface area (Å²) in [5.41, 5.74) is -0.117. The van der Waals surface area contributed by atoms with Crippen molar-refractivity contribution in [2.24, 2.45) is 5.41 Å². The molecular formula is C13H26O3. The lowest BCUT2D eigenvalue weighted by Crippen LogP contribution is -2.24. The lowest BCUT2D eigenvalue weighted by atomic mass is 9.90. The van der Waals surface area contributed by atoms with Gasteiger partial charge in [-0.3, -0.25) is 0 Å². The van der Waals surface area contributed by atoms with Crippen molar-refractivity contribution in [3.63, 3.8) is 0 Å². The predicted octanol–water partition coefficient (Wildman–Crippen LogP) is 4.15. The Hall–Kier alpha value is -0.730. The van der Waals surface area contributed by atoms with Gasteiger partial charge < -0.3 is 9.47 Å². The van der Waals surface area contributed by atoms with Crippen molar-refractivity contribution in [1.29, 1.82) is 0 Å². The summed E-state index contributed by atoms with van der Waals surface area (Å²) < 4.78 is 10.00. The topological polar surface area (TPSA) is 35.5 Å². The van der Waals surface area contributed by atoms with E-state index in [1.807, 2.05) is 20.8 Å². The van der Waals surface area contributed by atoms with Crippen LogP contribution in [0.15, 0.2) is 0 Å². The van der Waals surface area contributed by atoms with Gasteiger partial charge in [-0.2, -0.15) is 0 Å². The van der Waals surface area contributed by atoms with Crippen LogP contribution in [-0.4, -0.2) is 18.4 Å². The molecule has 0 aromatic heterocycles. The van der Waals surface area contributed by atoms with Crippen molar-refractivity contribution in [3.8, 4) is 0 Å². The minimum absolute atomic E-state index is 0.353. The van der Waals surface area contributed by atoms with E-state index in [1.165, 1.54) is 0 Å². The molecule has 0 bridgehead atoms. The zero-order valence-corrected chi connectivity index (χ0v) is 11.6. The molecule has 0 N–H and O–H groups in total. The molecule has 96 valence electrons. The van der Waals surface area contributed by atoms with Crippen LogP contribution in [0.25, 0.3) is 0 Å². The minimum Gasteiger partial charge on any atom is -0.434 e. The quantitative estimate of drug-likeness (QED) is 0.537. The van der Waals surface area contributed by atoms with Crippen molar-refractivity contribution in [2.75, 3.05) is 6.61 Å². The smallest absolute Gasteiger partial charge is 0.434 e. The molecule has 0 aliphatic rings. The third kappa shape index (κ3) is 11.3. The fraction of sp³-hybridized carbons (Fsp3) is 0.923. The normalized spacial score (nSPS) is 12.4. The van der Waals surface area contributed by atoms with Crippen LogP contribution in [-0.2, 0) is 9.47 Å². The fourth-order valence-corrected chi connectivity index (χ4v) is 1.19. The highest BCUT2D eigenvalue weighted by Crippen LogP contribution is 2.21. The van der Waals surface area contributed by atoms with E-state index in [9.17, 15) is 4.79 Å². The third-order valence-electron chi connectivity index (χ3n) is 1.93. The molecule has 0 aromatic rings. The van der Waals surface area contributed by atoms with Crippen LogP contribution >= 0.6 is 0 Å². The average molecular weight is 230 g/mol. The second-order valence-corrected chi connectivity index (χ2v) is 6.33. The highest BCUT2D eigenvalue weighted by molar-refractivity contribution is 5.60. The lowest BCUT2D eigenvalue weighted by molar-refractivity contribution is -0.00783. The van der Waals surface area contributed by atoms with Gasteiger partial charge in [0, 0.05) is 0 Å². The van der Waals surface area contributed by atoms with E-state index in [0.29, 0.717) is 12.0 Å². The highest BCUT2D eigenvalue weighted by atomic mass is 16.7. The first-order valence-electron chi connectivity index (χ1n) is 5.96. The molecule has 0 saturated carbocycles. The Bertz CT molecular complexity index is 208. The van der Waals surface area contributed by atoms with E-state index in [2.05, 4.69) is 20.8 Å². The molecule has 0 aromatic carbocycles. The number of carbonyl (C=O) groups excluding carboxylic acids is 1. The van der Waals surface area contributed by atoms with Crippen molar-refractivity contribution >= 4 is 6.16 Å². The monoisotopic (exact) mass is 230 g/mol. The molecular weight excluding hydrogens is 204 g/mol. The van der Waals surface area contributed by atoms with Gasteiger partial charge in [0.1, 0.15) is 5.60 Å². The van der Waals surface area contributed by atoms with Crippen LogP contribution in [0.2, 0.25) is 0 Å². The first-order chi connectivity index (χ1) is 7.10. The van der Waals surface area contributed by atoms with E-state index in [1.54, 1.807) is 0 Å². The van der Waals surface area contributed by atoms with Gasteiger partial charge in [-0.1, -0.05) is 20.8 Å². The Kier molecular flexibility index (Phi) is 5.84. The van der Waals surface area contributed by atoms with Gasteiger partial charge in [0.15, 0.2) is 0 Å². The zero-order chi connectivity index (χ0) is 12.8. The number of carbonyl (C=O) groups is 1. The van der Waals surface area contributed by atoms with Crippen LogP contribution < -0.4 is 0 Å². The van der Waals surface area contributed by atoms with Crippen LogP contribution in [0, 0.1) is 5.41 Å². The third-order valence-corrected chi connectivity index (χ3v) is 1.93. The van der Waals surface area contributed by atoms with Crippen LogP contribution in [0.5, 0.6) is 0 Å². The Balaban J connectivity index is 3.50. The number of hydrogen-bond donors (Lipinski definition) is 0. The number of rotatable bonds is 4. The Morgan fingerprint density at radius 2 is 1.56 bits per heavy atom. The van der Waals surface area contributed by atoms with Gasteiger partial charge in [-0.15, -0.1) is 0 Å². The van der Waals surface area contributed by atoms with Gasteiger partial charge >= 0.3 is 6.16 Å². The fourth-order valence-electron chi connectivity index (χ4n) is 1.19. The summed E-state index contributed by atoms with van der Waals surface area (Å²) in [6, 6.07) is 0. The maximum atomic E-state index is 11.2. The molecule has 0 fully saturated rings. The van der Waals surface area contributed by atoms with Gasteiger partial charge in [0.05, 0.1) is 6.61 Å². The van der Waals surface area contributed by atoms with Gasteiger partial charge in [-0.25, -0.2) is 4.79 Å². The van der Waals surface area contributed by atoms with E-state index in [0.717, 1.165) is 19.3 Å². The molecule has 0 radical (unpaired) electrons. The largest absolute Gasteiger partial charge is 0.508 e. The van der Waals surface area contributed by atoms with Crippen molar-refractivity contribution in [2.45, 2.75) is 66.4 Å². The standard InChI is InChI=1S/C13H26O3/c1-12(2,3)9-7-8-10-15-11(14)16-13(4,5)6/h7-10H2,1-6H3. The zero-order valence-electron chi connectivity index (χ0n) is 11.6. The summed E-state index contributed by atoms with van der Waals surface area (Å²) in [7, 11) is 0. The van der Waals surface area contributed by atoms with E-state index >= 15 is 0 Å². The predicted molar refractivity (Wildman–Crippen MR) is 65.5 cm³/mol. The van der Waals surface area contributed by atoms with Crippen molar-refractivity contribution in [3.05, 3.63) is 0 Å². The molecule has 16 heavy (non-hydrogen) atoms. The van der Waals surface area contributed by atoms with Crippen LogP contribution in [0.4, 0.5) is 4.79 Å². The number of hydrogen-bond acceptors (Lipinski definition) is 3. The SMILES string of the molecule is CC(C)(C)CCCCOC(=O)OC(C)(C)C. The maximum absolute atomic E-state index is 11.2. The number of ether oxygens (including phenoxy) is 2. The van der Waals surface area contributed by atoms with Crippen molar-refractivity contribution < 1.29 is 14.3 Å². The molecule has 0 rings (SSSR count). The Labute approximate surface area is 99.5 Å². The van der Waals surface area contributed by atoms with Crippen LogP contribution in [0.3, 0.4) is 0 Å². The van der Waals surface area contributed by atoms with Gasteiger partial charge in [0.25, 0.3) is 0 Å². The summed E-state index contributed by atoms with van der Waals surface area (Å²) in [5, 5.41) is 0. The molecule has 3 heteroatoms. The molecule has 0 heterocycles. The van der Waals surface area contributed by atoms with E-state index < -0.39 is 11.8 Å². The molecule has 0 aliphatic carbocycles. The number of unbranched alkanes of at least 4 members (excludes halogenated alkanes) is 1. The van der Waals surface area contributed by atoms with E-state index in [4.69, 9.17) is 9.47 Å². The molecule has 0 unspecified atom stereocenters. The van der Waals surface area contributed by atoms with Crippen molar-refractivity contribution in [1.82, 2.24) is 0 Å². The van der Waals surface area contributed by atoms with E-state index in [-0.39, 0.29) is 0 Å². The molecule has 3 nitrogen and oxygen atoms in total. The first kappa shape index (κ1) is 15.3. The summed E-state index contributed by atoms with van der Waals surface area (Å²) >= 11 is 0. The van der Waals surface area contributed by atoms with Crippen LogP contribution in [0.1, 0.15) is 60.8 Å². The average Bonchev–Trinajstić information content (AvgIpc) is 1.97. The molecule has 0 amide bonds. The summed E-state index contributed by atoms with van der Waals surface area (Å²) in [4.78, 5) is 11.2. The second-order valence-electron chi connectivity index (χ2n) is 6.33. The minimum atomic E-state index is -0.566. The first-order valence-corrected chi connectivity index (χ1v) is 5.96. The summed E-state index contributed by atoms with van der Waals surface area (Å²) in [6.07, 6.45) is 2.55. The summed E-state index contributed by atoms with van der Waals surface area (Å²) in [6.45, 7) is 12.6. The Morgan fingerprint density at radius 1 is 1.00 bits per heavy atom. The molecule has 0 spiro atoms. The second kappa shape index (κ2) is 6.12. The van der Waals surface area contributed by atoms with Gasteiger partial charge in [-0.05, 0) is 45.4 Å². The highest BCUT2D eigenvalue weighted by Gasteiger charge is 2.17. The Morgan fingerprint density at radius 3 is 2.00 bits per heavy atom. The van der Waals surface area contributed by atoms with Gasteiger partial charge in [0.2, 0.25) is 0 Å². The molecule has 0 saturated heterocycles.